The highest BCUT2D eigenvalue weighted by atomic mass is 19.1. The molecule has 1 aliphatic heterocycles. The van der Waals surface area contributed by atoms with Crippen LogP contribution in [-0.2, 0) is 11.3 Å². The molecule has 0 N–H and O–H groups in total. The van der Waals surface area contributed by atoms with Crippen LogP contribution >= 0.6 is 0 Å². The molecule has 2 aromatic rings. The Kier molecular flexibility index (Phi) is 4.06. The number of hydrogen-bond donors (Lipinski definition) is 0. The maximum atomic E-state index is 12.9. The van der Waals surface area contributed by atoms with Gasteiger partial charge in [-0.3, -0.25) is 4.90 Å². The molecule has 6 heteroatoms. The lowest BCUT2D eigenvalue weighted by Crippen LogP contribution is -2.35. The zero-order chi connectivity index (χ0) is 14.7. The Morgan fingerprint density at radius 1 is 1.33 bits per heavy atom. The Labute approximate surface area is 121 Å². The fourth-order valence-corrected chi connectivity index (χ4v) is 2.56. The van der Waals surface area contributed by atoms with Gasteiger partial charge in [0.05, 0.1) is 6.54 Å². The van der Waals surface area contributed by atoms with Crippen molar-refractivity contribution >= 4 is 6.29 Å². The van der Waals surface area contributed by atoms with Crippen molar-refractivity contribution in [3.63, 3.8) is 0 Å². The van der Waals surface area contributed by atoms with E-state index in [1.165, 1.54) is 12.1 Å². The Morgan fingerprint density at radius 2 is 2.14 bits per heavy atom. The molecule has 0 bridgehead atoms. The molecular formula is C15H16FN3O2. The van der Waals surface area contributed by atoms with E-state index < -0.39 is 0 Å². The summed E-state index contributed by atoms with van der Waals surface area (Å²) in [5.74, 6) is 0.694. The predicted octanol–water partition coefficient (Wildman–Crippen LogP) is 2.29. The molecule has 1 atom stereocenters. The van der Waals surface area contributed by atoms with Crippen molar-refractivity contribution in [1.82, 2.24) is 15.1 Å². The maximum Gasteiger partial charge on any atom is 0.247 e. The monoisotopic (exact) mass is 289 g/mol. The molecule has 2 heterocycles. The quantitative estimate of drug-likeness (QED) is 0.808. The van der Waals surface area contributed by atoms with Crippen LogP contribution in [0.1, 0.15) is 18.7 Å². The summed E-state index contributed by atoms with van der Waals surface area (Å²) in [6, 6.07) is 5.93. The summed E-state index contributed by atoms with van der Waals surface area (Å²) in [5, 5.41) is 8.01. The highest BCUT2D eigenvalue weighted by molar-refractivity contribution is 5.54. The minimum absolute atomic E-state index is 0.0956. The number of hydrogen-bond acceptors (Lipinski definition) is 5. The standard InChI is InChI=1S/C15H16FN3O2/c16-13-5-3-12(4-6-13)15-18-17-14(21-15)9-19-7-1-2-11(8-19)10-20/h3-6,10-11H,1-2,7-9H2. The normalized spacial score (nSPS) is 19.6. The second-order valence-corrected chi connectivity index (χ2v) is 5.28. The van der Waals surface area contributed by atoms with Gasteiger partial charge < -0.3 is 9.21 Å². The molecule has 0 amide bonds. The number of nitrogens with zero attached hydrogens (tertiary/aromatic N) is 3. The predicted molar refractivity (Wildman–Crippen MR) is 73.8 cm³/mol. The van der Waals surface area contributed by atoms with Crippen LogP contribution in [0.2, 0.25) is 0 Å². The topological polar surface area (TPSA) is 59.2 Å². The van der Waals surface area contributed by atoms with E-state index >= 15 is 0 Å². The average Bonchev–Trinajstić information content (AvgIpc) is 2.96. The van der Waals surface area contributed by atoms with E-state index in [9.17, 15) is 9.18 Å². The van der Waals surface area contributed by atoms with Gasteiger partial charge in [-0.1, -0.05) is 0 Å². The summed E-state index contributed by atoms with van der Waals surface area (Å²) in [6.07, 6.45) is 2.97. The van der Waals surface area contributed by atoms with Gasteiger partial charge in [-0.25, -0.2) is 4.39 Å². The second-order valence-electron chi connectivity index (χ2n) is 5.28. The molecule has 110 valence electrons. The molecule has 1 aromatic heterocycles. The third kappa shape index (κ3) is 3.33. The summed E-state index contributed by atoms with van der Waals surface area (Å²) in [7, 11) is 0. The van der Waals surface area contributed by atoms with Gasteiger partial charge in [-0.05, 0) is 43.7 Å². The molecule has 1 aliphatic rings. The van der Waals surface area contributed by atoms with Gasteiger partial charge in [0.15, 0.2) is 0 Å². The highest BCUT2D eigenvalue weighted by Crippen LogP contribution is 2.20. The van der Waals surface area contributed by atoms with Gasteiger partial charge in [0.1, 0.15) is 12.1 Å². The first-order valence-electron chi connectivity index (χ1n) is 7.00. The van der Waals surface area contributed by atoms with Gasteiger partial charge in [-0.15, -0.1) is 10.2 Å². The highest BCUT2D eigenvalue weighted by Gasteiger charge is 2.21. The number of carbonyl (C=O) groups excluding carboxylic acids is 1. The molecule has 1 unspecified atom stereocenters. The van der Waals surface area contributed by atoms with Gasteiger partial charge in [-0.2, -0.15) is 0 Å². The first-order valence-corrected chi connectivity index (χ1v) is 7.00. The third-order valence-electron chi connectivity index (χ3n) is 3.65. The van der Waals surface area contributed by atoms with Crippen LogP contribution in [0.15, 0.2) is 28.7 Å². The molecule has 3 rings (SSSR count). The fourth-order valence-electron chi connectivity index (χ4n) is 2.56. The summed E-state index contributed by atoms with van der Waals surface area (Å²) in [5.41, 5.74) is 0.694. The number of carbonyl (C=O) groups is 1. The van der Waals surface area contributed by atoms with Crippen molar-refractivity contribution in [2.45, 2.75) is 19.4 Å². The van der Waals surface area contributed by atoms with E-state index in [1.807, 2.05) is 0 Å². The second kappa shape index (κ2) is 6.13. The maximum absolute atomic E-state index is 12.9. The van der Waals surface area contributed by atoms with E-state index in [0.717, 1.165) is 32.2 Å². The number of halogens is 1. The van der Waals surface area contributed by atoms with Crippen molar-refractivity contribution in [2.75, 3.05) is 13.1 Å². The van der Waals surface area contributed by atoms with E-state index in [0.29, 0.717) is 23.9 Å². The lowest BCUT2D eigenvalue weighted by molar-refractivity contribution is -0.112. The minimum atomic E-state index is -0.299. The van der Waals surface area contributed by atoms with Crippen LogP contribution in [0, 0.1) is 11.7 Å². The van der Waals surface area contributed by atoms with E-state index in [2.05, 4.69) is 15.1 Å². The van der Waals surface area contributed by atoms with E-state index in [1.54, 1.807) is 12.1 Å². The van der Waals surface area contributed by atoms with Crippen LogP contribution in [0.4, 0.5) is 4.39 Å². The Balaban J connectivity index is 1.67. The fraction of sp³-hybridized carbons (Fsp3) is 0.400. The van der Waals surface area contributed by atoms with Gasteiger partial charge in [0.25, 0.3) is 0 Å². The van der Waals surface area contributed by atoms with E-state index in [-0.39, 0.29) is 11.7 Å². The Morgan fingerprint density at radius 3 is 2.90 bits per heavy atom. The van der Waals surface area contributed by atoms with Crippen LogP contribution in [0.3, 0.4) is 0 Å². The lowest BCUT2D eigenvalue weighted by atomic mass is 10.00. The molecule has 1 saturated heterocycles. The first-order chi connectivity index (χ1) is 10.2. The van der Waals surface area contributed by atoms with Gasteiger partial charge >= 0.3 is 0 Å². The summed E-state index contributed by atoms with van der Waals surface area (Å²) in [4.78, 5) is 13.0. The molecule has 1 fully saturated rings. The van der Waals surface area contributed by atoms with Crippen LogP contribution in [0.5, 0.6) is 0 Å². The molecule has 0 aliphatic carbocycles. The van der Waals surface area contributed by atoms with Crippen molar-refractivity contribution in [3.05, 3.63) is 36.0 Å². The van der Waals surface area contributed by atoms with Crippen molar-refractivity contribution in [2.24, 2.45) is 5.92 Å². The summed E-state index contributed by atoms with van der Waals surface area (Å²) < 4.78 is 18.5. The van der Waals surface area contributed by atoms with Gasteiger partial charge in [0.2, 0.25) is 11.8 Å². The third-order valence-corrected chi connectivity index (χ3v) is 3.65. The molecule has 0 spiro atoms. The molecule has 21 heavy (non-hydrogen) atoms. The van der Waals surface area contributed by atoms with Crippen LogP contribution in [-0.4, -0.2) is 34.5 Å². The molecule has 0 saturated carbocycles. The molecular weight excluding hydrogens is 273 g/mol. The number of rotatable bonds is 4. The minimum Gasteiger partial charge on any atom is -0.419 e. The Bertz CT molecular complexity index is 612. The van der Waals surface area contributed by atoms with Crippen molar-refractivity contribution < 1.29 is 13.6 Å². The lowest BCUT2D eigenvalue weighted by Gasteiger charge is -2.28. The van der Waals surface area contributed by atoms with Crippen LogP contribution < -0.4 is 0 Å². The number of benzene rings is 1. The SMILES string of the molecule is O=CC1CCCN(Cc2nnc(-c3ccc(F)cc3)o2)C1. The summed E-state index contributed by atoms with van der Waals surface area (Å²) in [6.45, 7) is 2.20. The summed E-state index contributed by atoms with van der Waals surface area (Å²) >= 11 is 0. The smallest absolute Gasteiger partial charge is 0.247 e. The Hall–Kier alpha value is -2.08. The number of aromatic nitrogens is 2. The molecule has 1 aromatic carbocycles. The molecule has 0 radical (unpaired) electrons. The zero-order valence-corrected chi connectivity index (χ0v) is 11.5. The van der Waals surface area contributed by atoms with Crippen LogP contribution in [0.25, 0.3) is 11.5 Å². The van der Waals surface area contributed by atoms with Gasteiger partial charge in [0, 0.05) is 18.0 Å². The molecule has 5 nitrogen and oxygen atoms in total. The zero-order valence-electron chi connectivity index (χ0n) is 11.5. The first kappa shape index (κ1) is 13.9. The number of likely N-dealkylation sites (tertiary alicyclic amines) is 1. The van der Waals surface area contributed by atoms with E-state index in [4.69, 9.17) is 4.42 Å². The average molecular weight is 289 g/mol. The largest absolute Gasteiger partial charge is 0.419 e. The number of piperidine rings is 1. The number of aldehydes is 1. The van der Waals surface area contributed by atoms with Crippen molar-refractivity contribution in [1.29, 1.82) is 0 Å². The van der Waals surface area contributed by atoms with Crippen molar-refractivity contribution in [3.8, 4) is 11.5 Å².